The molecule has 0 saturated carbocycles. The van der Waals surface area contributed by atoms with E-state index in [1.807, 2.05) is 36.4 Å². The molecule has 0 amide bonds. The molecule has 0 heterocycles. The number of halogens is 2. The minimum atomic E-state index is -0.389. The van der Waals surface area contributed by atoms with Crippen molar-refractivity contribution in [1.29, 1.82) is 0 Å². The summed E-state index contributed by atoms with van der Waals surface area (Å²) in [4.78, 5) is 0. The van der Waals surface area contributed by atoms with Crippen molar-refractivity contribution in [2.45, 2.75) is 0 Å². The van der Waals surface area contributed by atoms with Gasteiger partial charge in [0, 0.05) is 24.3 Å². The minimum absolute atomic E-state index is 0.373. The highest BCUT2D eigenvalue weighted by Crippen LogP contribution is 2.42. The van der Waals surface area contributed by atoms with Crippen LogP contribution in [0.2, 0.25) is 0 Å². The SMILES string of the molecule is Fc1cccc(Oc2cccc(Oc3ccccc3Oc3ccccc3Oc3ccccc3Oc3cccc(Oc4cccc(F)c4)c3)c2)c1. The Morgan fingerprint density at radius 3 is 0.820 bits per heavy atom. The molecular formula is C42H28F2O6. The van der Waals surface area contributed by atoms with Crippen molar-refractivity contribution in [2.24, 2.45) is 0 Å². The Morgan fingerprint density at radius 1 is 0.240 bits per heavy atom. The van der Waals surface area contributed by atoms with Crippen LogP contribution in [0.5, 0.6) is 69.0 Å². The number of para-hydroxylation sites is 6. The highest BCUT2D eigenvalue weighted by atomic mass is 19.1. The monoisotopic (exact) mass is 666 g/mol. The van der Waals surface area contributed by atoms with Crippen molar-refractivity contribution in [1.82, 2.24) is 0 Å². The Balaban J connectivity index is 1.07. The van der Waals surface area contributed by atoms with Crippen LogP contribution in [0.3, 0.4) is 0 Å². The van der Waals surface area contributed by atoms with Gasteiger partial charge in [-0.25, -0.2) is 8.78 Å². The van der Waals surface area contributed by atoms with E-state index in [1.165, 1.54) is 24.3 Å². The zero-order valence-electron chi connectivity index (χ0n) is 26.4. The molecule has 0 radical (unpaired) electrons. The standard InChI is InChI=1S/C42H28F2O6/c43-29-11-7-13-31(25-29)45-33-15-9-17-35(27-33)47-37-19-1-3-21-39(37)49-41-23-5-6-24-42(41)50-40-22-4-2-20-38(40)48-36-18-10-16-34(28-36)46-32-14-8-12-30(44)26-32/h1-28H. The molecule has 6 nitrogen and oxygen atoms in total. The lowest BCUT2D eigenvalue weighted by atomic mass is 10.2. The topological polar surface area (TPSA) is 55.4 Å². The molecule has 0 fully saturated rings. The zero-order chi connectivity index (χ0) is 34.1. The second-order valence-electron chi connectivity index (χ2n) is 10.8. The first-order valence-corrected chi connectivity index (χ1v) is 15.6. The van der Waals surface area contributed by atoms with Crippen LogP contribution in [0.1, 0.15) is 0 Å². The molecule has 0 N–H and O–H groups in total. The summed E-state index contributed by atoms with van der Waals surface area (Å²) in [6, 6.07) is 47.6. The number of hydrogen-bond donors (Lipinski definition) is 0. The van der Waals surface area contributed by atoms with Gasteiger partial charge in [-0.1, -0.05) is 60.7 Å². The Kier molecular flexibility index (Phi) is 9.51. The summed E-state index contributed by atoms with van der Waals surface area (Å²) in [6.45, 7) is 0. The lowest BCUT2D eigenvalue weighted by molar-refractivity contribution is 0.381. The molecule has 0 aliphatic rings. The summed E-state index contributed by atoms with van der Waals surface area (Å²) in [6.07, 6.45) is 0. The van der Waals surface area contributed by atoms with Crippen LogP contribution in [-0.4, -0.2) is 0 Å². The summed E-state index contributed by atoms with van der Waals surface area (Å²) in [5, 5.41) is 0. The van der Waals surface area contributed by atoms with Crippen molar-refractivity contribution in [3.8, 4) is 69.0 Å². The summed E-state index contributed by atoms with van der Waals surface area (Å²) >= 11 is 0. The molecule has 246 valence electrons. The van der Waals surface area contributed by atoms with E-state index in [4.69, 9.17) is 28.4 Å². The van der Waals surface area contributed by atoms with Gasteiger partial charge in [-0.05, 0) is 84.9 Å². The molecule has 7 aromatic rings. The molecule has 7 aromatic carbocycles. The molecule has 0 aliphatic heterocycles. The fraction of sp³-hybridized carbons (Fsp3) is 0. The van der Waals surface area contributed by atoms with Crippen molar-refractivity contribution < 1.29 is 37.2 Å². The normalized spacial score (nSPS) is 10.6. The van der Waals surface area contributed by atoms with E-state index in [9.17, 15) is 8.78 Å². The van der Waals surface area contributed by atoms with E-state index < -0.39 is 0 Å². The zero-order valence-corrected chi connectivity index (χ0v) is 26.4. The van der Waals surface area contributed by atoms with E-state index in [0.717, 1.165) is 0 Å². The van der Waals surface area contributed by atoms with Gasteiger partial charge in [0.25, 0.3) is 0 Å². The van der Waals surface area contributed by atoms with Crippen molar-refractivity contribution in [3.05, 3.63) is 181 Å². The average molecular weight is 667 g/mol. The molecular weight excluding hydrogens is 638 g/mol. The predicted molar refractivity (Wildman–Crippen MR) is 185 cm³/mol. The lowest BCUT2D eigenvalue weighted by Gasteiger charge is -2.17. The first kappa shape index (κ1) is 31.8. The molecule has 7 rings (SSSR count). The molecule has 0 unspecified atom stereocenters. The fourth-order valence-electron chi connectivity index (χ4n) is 4.88. The third-order valence-corrected chi connectivity index (χ3v) is 7.12. The van der Waals surface area contributed by atoms with Crippen LogP contribution in [-0.2, 0) is 0 Å². The van der Waals surface area contributed by atoms with E-state index >= 15 is 0 Å². The summed E-state index contributed by atoms with van der Waals surface area (Å²) in [7, 11) is 0. The Morgan fingerprint density at radius 2 is 0.500 bits per heavy atom. The first-order valence-electron chi connectivity index (χ1n) is 15.6. The van der Waals surface area contributed by atoms with Crippen LogP contribution < -0.4 is 28.4 Å². The highest BCUT2D eigenvalue weighted by molar-refractivity contribution is 5.52. The smallest absolute Gasteiger partial charge is 0.170 e. The Hall–Kier alpha value is -6.80. The number of benzene rings is 7. The molecule has 0 bridgehead atoms. The molecule has 0 spiro atoms. The van der Waals surface area contributed by atoms with Gasteiger partial charge in [-0.2, -0.15) is 0 Å². The lowest BCUT2D eigenvalue weighted by Crippen LogP contribution is -1.95. The average Bonchev–Trinajstić information content (AvgIpc) is 3.11. The maximum Gasteiger partial charge on any atom is 0.170 e. The predicted octanol–water partition coefficient (Wildman–Crippen LogP) is 12.7. The van der Waals surface area contributed by atoms with Gasteiger partial charge in [0.1, 0.15) is 46.1 Å². The fourth-order valence-corrected chi connectivity index (χ4v) is 4.88. The van der Waals surface area contributed by atoms with Crippen LogP contribution in [0, 0.1) is 11.6 Å². The molecule has 0 aliphatic carbocycles. The largest absolute Gasteiger partial charge is 0.457 e. The van der Waals surface area contributed by atoms with Crippen LogP contribution in [0.4, 0.5) is 8.78 Å². The van der Waals surface area contributed by atoms with E-state index in [1.54, 1.807) is 109 Å². The molecule has 0 aromatic heterocycles. The number of ether oxygens (including phenoxy) is 6. The Bertz CT molecular complexity index is 2080. The van der Waals surface area contributed by atoms with Gasteiger partial charge >= 0.3 is 0 Å². The summed E-state index contributed by atoms with van der Waals surface area (Å²) in [5.74, 6) is 4.60. The van der Waals surface area contributed by atoms with Gasteiger partial charge in [-0.15, -0.1) is 0 Å². The van der Waals surface area contributed by atoms with Crippen LogP contribution in [0.15, 0.2) is 170 Å². The second-order valence-corrected chi connectivity index (χ2v) is 10.8. The van der Waals surface area contributed by atoms with Crippen molar-refractivity contribution in [3.63, 3.8) is 0 Å². The van der Waals surface area contributed by atoms with Gasteiger partial charge in [0.2, 0.25) is 0 Å². The minimum Gasteiger partial charge on any atom is -0.457 e. The number of rotatable bonds is 12. The second kappa shape index (κ2) is 15.0. The summed E-state index contributed by atoms with van der Waals surface area (Å²) in [5.41, 5.74) is 0. The van der Waals surface area contributed by atoms with Gasteiger partial charge in [0.05, 0.1) is 0 Å². The quantitative estimate of drug-likeness (QED) is 0.129. The maximum absolute atomic E-state index is 13.7. The van der Waals surface area contributed by atoms with Crippen LogP contribution in [0.25, 0.3) is 0 Å². The third-order valence-electron chi connectivity index (χ3n) is 7.12. The molecule has 0 saturated heterocycles. The van der Waals surface area contributed by atoms with Gasteiger partial charge in [-0.3, -0.25) is 0 Å². The number of hydrogen-bond acceptors (Lipinski definition) is 6. The maximum atomic E-state index is 13.7. The highest BCUT2D eigenvalue weighted by Gasteiger charge is 2.15. The van der Waals surface area contributed by atoms with Gasteiger partial charge in [0.15, 0.2) is 34.5 Å². The first-order chi connectivity index (χ1) is 24.5. The van der Waals surface area contributed by atoms with E-state index in [0.29, 0.717) is 69.0 Å². The summed E-state index contributed by atoms with van der Waals surface area (Å²) < 4.78 is 64.1. The van der Waals surface area contributed by atoms with Crippen molar-refractivity contribution in [2.75, 3.05) is 0 Å². The molecule has 50 heavy (non-hydrogen) atoms. The molecule has 8 heteroatoms. The Labute approximate surface area is 287 Å². The third kappa shape index (κ3) is 8.18. The van der Waals surface area contributed by atoms with Crippen molar-refractivity contribution >= 4 is 0 Å². The molecule has 0 atom stereocenters. The van der Waals surface area contributed by atoms with E-state index in [2.05, 4.69) is 0 Å². The van der Waals surface area contributed by atoms with E-state index in [-0.39, 0.29) is 11.6 Å². The van der Waals surface area contributed by atoms with Gasteiger partial charge < -0.3 is 28.4 Å². The van der Waals surface area contributed by atoms with Crippen LogP contribution >= 0.6 is 0 Å².